The SMILES string of the molecule is CSC1C(C)CC(C)C1C. The first-order valence-corrected chi connectivity index (χ1v) is 5.48. The molecule has 4 unspecified atom stereocenters. The van der Waals surface area contributed by atoms with Gasteiger partial charge in [-0.2, -0.15) is 11.8 Å². The molecule has 0 radical (unpaired) electrons. The highest BCUT2D eigenvalue weighted by atomic mass is 32.2. The molecule has 0 heterocycles. The van der Waals surface area contributed by atoms with Crippen LogP contribution < -0.4 is 0 Å². The number of rotatable bonds is 1. The summed E-state index contributed by atoms with van der Waals surface area (Å²) in [6.45, 7) is 7.17. The van der Waals surface area contributed by atoms with Crippen molar-refractivity contribution in [2.45, 2.75) is 32.4 Å². The van der Waals surface area contributed by atoms with Gasteiger partial charge in [0, 0.05) is 5.25 Å². The Kier molecular flexibility index (Phi) is 2.67. The number of thioether (sulfide) groups is 1. The fraction of sp³-hybridized carbons (Fsp3) is 1.00. The summed E-state index contributed by atoms with van der Waals surface area (Å²) in [6.07, 6.45) is 3.68. The normalized spacial score (nSPS) is 48.0. The van der Waals surface area contributed by atoms with Crippen molar-refractivity contribution in [1.82, 2.24) is 0 Å². The monoisotopic (exact) mass is 158 g/mol. The third-order valence-corrected chi connectivity index (χ3v) is 4.43. The minimum Gasteiger partial charge on any atom is -0.161 e. The molecule has 1 rings (SSSR count). The van der Waals surface area contributed by atoms with E-state index in [9.17, 15) is 0 Å². The lowest BCUT2D eigenvalue weighted by Crippen LogP contribution is -2.14. The molecule has 0 amide bonds. The van der Waals surface area contributed by atoms with Crippen LogP contribution in [0.4, 0.5) is 0 Å². The summed E-state index contributed by atoms with van der Waals surface area (Å²) in [5.41, 5.74) is 0. The molecule has 0 aromatic carbocycles. The summed E-state index contributed by atoms with van der Waals surface area (Å²) in [5.74, 6) is 2.83. The lowest BCUT2D eigenvalue weighted by Gasteiger charge is -2.17. The van der Waals surface area contributed by atoms with Gasteiger partial charge < -0.3 is 0 Å². The molecule has 0 saturated heterocycles. The van der Waals surface area contributed by atoms with Crippen molar-refractivity contribution < 1.29 is 0 Å². The summed E-state index contributed by atoms with van der Waals surface area (Å²) in [6, 6.07) is 0. The average molecular weight is 158 g/mol. The van der Waals surface area contributed by atoms with Gasteiger partial charge in [0.15, 0.2) is 0 Å². The van der Waals surface area contributed by atoms with E-state index >= 15 is 0 Å². The molecule has 1 aliphatic carbocycles. The van der Waals surface area contributed by atoms with E-state index in [0.717, 1.165) is 23.0 Å². The molecule has 0 bridgehead atoms. The fourth-order valence-corrected chi connectivity index (χ4v) is 3.50. The molecule has 0 N–H and O–H groups in total. The maximum atomic E-state index is 2.40. The predicted molar refractivity (Wildman–Crippen MR) is 49.4 cm³/mol. The average Bonchev–Trinajstić information content (AvgIpc) is 2.09. The minimum atomic E-state index is 0.926. The molecule has 1 heteroatoms. The van der Waals surface area contributed by atoms with Crippen LogP contribution in [-0.2, 0) is 0 Å². The van der Waals surface area contributed by atoms with Crippen LogP contribution in [-0.4, -0.2) is 11.5 Å². The molecule has 4 atom stereocenters. The van der Waals surface area contributed by atoms with Crippen LogP contribution in [0.2, 0.25) is 0 Å². The maximum absolute atomic E-state index is 2.40. The van der Waals surface area contributed by atoms with Crippen molar-refractivity contribution in [3.8, 4) is 0 Å². The van der Waals surface area contributed by atoms with E-state index < -0.39 is 0 Å². The van der Waals surface area contributed by atoms with Gasteiger partial charge in [0.05, 0.1) is 0 Å². The second-order valence-corrected chi connectivity index (χ2v) is 4.77. The van der Waals surface area contributed by atoms with E-state index in [2.05, 4.69) is 38.8 Å². The van der Waals surface area contributed by atoms with Gasteiger partial charge in [-0.3, -0.25) is 0 Å². The highest BCUT2D eigenvalue weighted by Gasteiger charge is 2.34. The molecule has 1 saturated carbocycles. The number of hydrogen-bond donors (Lipinski definition) is 0. The first-order valence-electron chi connectivity index (χ1n) is 4.19. The minimum absolute atomic E-state index is 0.926. The molecule has 0 aromatic heterocycles. The van der Waals surface area contributed by atoms with E-state index in [1.807, 2.05) is 0 Å². The topological polar surface area (TPSA) is 0 Å². The first kappa shape index (κ1) is 8.45. The largest absolute Gasteiger partial charge is 0.161 e. The molecule has 0 spiro atoms. The molecule has 60 valence electrons. The van der Waals surface area contributed by atoms with Crippen molar-refractivity contribution in [2.24, 2.45) is 17.8 Å². The summed E-state index contributed by atoms with van der Waals surface area (Å²) < 4.78 is 0. The molecule has 1 fully saturated rings. The highest BCUT2D eigenvalue weighted by Crippen LogP contribution is 2.41. The molecule has 10 heavy (non-hydrogen) atoms. The molecule has 0 aromatic rings. The van der Waals surface area contributed by atoms with Gasteiger partial charge in [-0.05, 0) is 30.4 Å². The van der Waals surface area contributed by atoms with Crippen molar-refractivity contribution in [2.75, 3.05) is 6.26 Å². The Morgan fingerprint density at radius 3 is 1.90 bits per heavy atom. The molecule has 0 aliphatic heterocycles. The summed E-state index contributed by atoms with van der Waals surface area (Å²) in [5, 5.41) is 0.926. The third-order valence-electron chi connectivity index (χ3n) is 2.99. The van der Waals surface area contributed by atoms with Crippen molar-refractivity contribution in [1.29, 1.82) is 0 Å². The summed E-state index contributed by atoms with van der Waals surface area (Å²) in [7, 11) is 0. The zero-order valence-electron chi connectivity index (χ0n) is 7.42. The second kappa shape index (κ2) is 3.17. The molecule has 1 aliphatic rings. The fourth-order valence-electron chi connectivity index (χ4n) is 2.22. The van der Waals surface area contributed by atoms with Crippen LogP contribution in [0.1, 0.15) is 27.2 Å². The van der Waals surface area contributed by atoms with E-state index in [1.165, 1.54) is 6.42 Å². The van der Waals surface area contributed by atoms with Gasteiger partial charge in [0.1, 0.15) is 0 Å². The van der Waals surface area contributed by atoms with Crippen LogP contribution in [0.3, 0.4) is 0 Å². The Morgan fingerprint density at radius 2 is 1.70 bits per heavy atom. The summed E-state index contributed by atoms with van der Waals surface area (Å²) in [4.78, 5) is 0. The Hall–Kier alpha value is 0.350. The highest BCUT2D eigenvalue weighted by molar-refractivity contribution is 7.99. The standard InChI is InChI=1S/C9H18S/c1-6-5-7(2)9(10-4)8(6)3/h6-9H,5H2,1-4H3. The smallest absolute Gasteiger partial charge is 0.00981 e. The summed E-state index contributed by atoms with van der Waals surface area (Å²) >= 11 is 2.05. The lowest BCUT2D eigenvalue weighted by molar-refractivity contribution is 0.463. The number of hydrogen-bond acceptors (Lipinski definition) is 1. The van der Waals surface area contributed by atoms with Gasteiger partial charge in [-0.25, -0.2) is 0 Å². The van der Waals surface area contributed by atoms with Crippen LogP contribution in [0.15, 0.2) is 0 Å². The Morgan fingerprint density at radius 1 is 1.10 bits per heavy atom. The molecular formula is C9H18S. The van der Waals surface area contributed by atoms with Crippen molar-refractivity contribution in [3.63, 3.8) is 0 Å². The molecule has 0 nitrogen and oxygen atoms in total. The van der Waals surface area contributed by atoms with Crippen LogP contribution in [0.25, 0.3) is 0 Å². The van der Waals surface area contributed by atoms with Gasteiger partial charge in [0.2, 0.25) is 0 Å². The maximum Gasteiger partial charge on any atom is 0.00981 e. The third kappa shape index (κ3) is 1.34. The lowest BCUT2D eigenvalue weighted by atomic mass is 10.0. The van der Waals surface area contributed by atoms with E-state index in [4.69, 9.17) is 0 Å². The predicted octanol–water partition coefficient (Wildman–Crippen LogP) is 3.03. The van der Waals surface area contributed by atoms with Crippen LogP contribution in [0, 0.1) is 17.8 Å². The first-order chi connectivity index (χ1) is 4.66. The van der Waals surface area contributed by atoms with Crippen LogP contribution in [0.5, 0.6) is 0 Å². The van der Waals surface area contributed by atoms with Gasteiger partial charge in [0.25, 0.3) is 0 Å². The van der Waals surface area contributed by atoms with Crippen molar-refractivity contribution in [3.05, 3.63) is 0 Å². The Labute approximate surface area is 68.8 Å². The Balaban J connectivity index is 2.55. The van der Waals surface area contributed by atoms with E-state index in [1.54, 1.807) is 0 Å². The van der Waals surface area contributed by atoms with E-state index in [0.29, 0.717) is 0 Å². The van der Waals surface area contributed by atoms with Gasteiger partial charge >= 0.3 is 0 Å². The second-order valence-electron chi connectivity index (χ2n) is 3.75. The van der Waals surface area contributed by atoms with Gasteiger partial charge in [-0.15, -0.1) is 0 Å². The van der Waals surface area contributed by atoms with E-state index in [-0.39, 0.29) is 0 Å². The van der Waals surface area contributed by atoms with Crippen molar-refractivity contribution >= 4 is 11.8 Å². The zero-order valence-corrected chi connectivity index (χ0v) is 8.24. The van der Waals surface area contributed by atoms with Gasteiger partial charge in [-0.1, -0.05) is 20.8 Å². The zero-order chi connectivity index (χ0) is 7.72. The quantitative estimate of drug-likeness (QED) is 0.565. The molecular weight excluding hydrogens is 140 g/mol. The van der Waals surface area contributed by atoms with Crippen LogP contribution >= 0.6 is 11.8 Å². The Bertz CT molecular complexity index is 111.